The van der Waals surface area contributed by atoms with Gasteiger partial charge >= 0.3 is 6.01 Å². The molecule has 6 heterocycles. The van der Waals surface area contributed by atoms with Gasteiger partial charge in [0, 0.05) is 81.1 Å². The fourth-order valence-electron chi connectivity index (χ4n) is 7.97. The average molecular weight is 781 g/mol. The number of hydrogen-bond acceptors (Lipinski definition) is 10. The Hall–Kier alpha value is -3.96. The molecule has 1 amide bonds. The van der Waals surface area contributed by atoms with Crippen LogP contribution in [-0.2, 0) is 4.79 Å². The van der Waals surface area contributed by atoms with Crippen molar-refractivity contribution in [3.8, 4) is 23.3 Å². The molecule has 5 aliphatic rings. The number of piperazine rings is 1. The zero-order valence-corrected chi connectivity index (χ0v) is 33.3. The van der Waals surface area contributed by atoms with Crippen LogP contribution in [0.5, 0.6) is 6.01 Å². The number of anilines is 1. The van der Waals surface area contributed by atoms with Gasteiger partial charge in [0.15, 0.2) is 5.82 Å². The molecule has 2 unspecified atom stereocenters. The first kappa shape index (κ1) is 42.2. The van der Waals surface area contributed by atoms with Crippen LogP contribution in [-0.4, -0.2) is 125 Å². The number of nitriles is 1. The van der Waals surface area contributed by atoms with Gasteiger partial charge in [0.2, 0.25) is 5.91 Å². The summed E-state index contributed by atoms with van der Waals surface area (Å²) in [6.45, 7) is 11.1. The third-order valence-electron chi connectivity index (χ3n) is 10.8. The number of aromatic nitrogens is 3. The number of methoxy groups -OCH3 is 1. The zero-order valence-electron chi connectivity index (χ0n) is 32.6. The number of pyridine rings is 1. The van der Waals surface area contributed by atoms with E-state index in [1.807, 2.05) is 43.0 Å². The van der Waals surface area contributed by atoms with Gasteiger partial charge in [0.05, 0.1) is 25.2 Å². The summed E-state index contributed by atoms with van der Waals surface area (Å²) in [7, 11) is 1.46. The van der Waals surface area contributed by atoms with E-state index in [1.54, 1.807) is 23.2 Å². The number of benzene rings is 1. The standard InChI is InChI=1S/C30H34ClFN6O3.C7H12FN.C2H3N.C2H6/c1-41-30-34-28-22(17-33-27(26(28)32)21-6-2-7-23(31)25(21)19-9-10-19)29(35-30)38-15-13-37(14-16-38)24(40)8-4-12-36-11-3-5-20(36)18-39;8-6-4-7-2-1-3-9(7)5-6;1-2-3;1-2/h2,4,6-8,17,19-20,39H,3,5,9-16,18H2,1H3;6-7H,1-5H2;1H3;1-2H3/b8-4+;;;/t20-;;;/m1.../s1. The molecule has 0 radical (unpaired) electrons. The minimum Gasteiger partial charge on any atom is -0.467 e. The molecule has 1 saturated carbocycles. The van der Waals surface area contributed by atoms with Crippen LogP contribution < -0.4 is 9.64 Å². The number of rotatable bonds is 8. The number of halogens is 3. The highest BCUT2D eigenvalue weighted by Gasteiger charge is 2.35. The smallest absolute Gasteiger partial charge is 0.318 e. The minimum atomic E-state index is -0.533. The Bertz CT molecular complexity index is 1800. The van der Waals surface area contributed by atoms with Gasteiger partial charge in [0.25, 0.3) is 0 Å². The highest BCUT2D eigenvalue weighted by atomic mass is 35.5. The van der Waals surface area contributed by atoms with E-state index in [-0.39, 0.29) is 35.8 Å². The summed E-state index contributed by atoms with van der Waals surface area (Å²) < 4.78 is 34.1. The highest BCUT2D eigenvalue weighted by Crippen LogP contribution is 2.48. The largest absolute Gasteiger partial charge is 0.467 e. The second-order valence-corrected chi connectivity index (χ2v) is 14.6. The van der Waals surface area contributed by atoms with Gasteiger partial charge in [-0.3, -0.25) is 19.6 Å². The van der Waals surface area contributed by atoms with Gasteiger partial charge in [-0.1, -0.05) is 43.7 Å². The van der Waals surface area contributed by atoms with E-state index in [1.165, 1.54) is 26.9 Å². The van der Waals surface area contributed by atoms with Gasteiger partial charge in [-0.2, -0.15) is 15.2 Å². The maximum absolute atomic E-state index is 16.1. The molecule has 5 fully saturated rings. The normalized spacial score (nSPS) is 22.3. The molecule has 3 aromatic rings. The molecule has 4 aliphatic heterocycles. The number of nitrogens with zero attached hydrogens (tertiary/aromatic N) is 8. The molecule has 4 saturated heterocycles. The maximum atomic E-state index is 16.1. The lowest BCUT2D eigenvalue weighted by Crippen LogP contribution is -2.48. The molecule has 11 nitrogen and oxygen atoms in total. The van der Waals surface area contributed by atoms with E-state index in [0.29, 0.717) is 73.0 Å². The van der Waals surface area contributed by atoms with Crippen molar-refractivity contribution in [3.63, 3.8) is 0 Å². The van der Waals surface area contributed by atoms with Crippen LogP contribution in [0.3, 0.4) is 0 Å². The van der Waals surface area contributed by atoms with Crippen molar-refractivity contribution in [3.05, 3.63) is 53.0 Å². The second kappa shape index (κ2) is 20.3. The predicted molar refractivity (Wildman–Crippen MR) is 213 cm³/mol. The molecular formula is C41H55ClF2N8O3. The van der Waals surface area contributed by atoms with Crippen molar-refractivity contribution in [1.29, 1.82) is 5.26 Å². The molecule has 14 heteroatoms. The molecule has 55 heavy (non-hydrogen) atoms. The summed E-state index contributed by atoms with van der Waals surface area (Å²) >= 11 is 6.52. The molecular weight excluding hydrogens is 726 g/mol. The molecule has 1 aliphatic carbocycles. The summed E-state index contributed by atoms with van der Waals surface area (Å²) in [6, 6.07) is 8.12. The topological polar surface area (TPSA) is 122 Å². The Balaban J connectivity index is 0.000000350. The molecule has 3 atom stereocenters. The summed E-state index contributed by atoms with van der Waals surface area (Å²) in [5.74, 6) is 0.275. The lowest BCUT2D eigenvalue weighted by molar-refractivity contribution is -0.126. The Kier molecular flexibility index (Phi) is 15.6. The molecule has 8 rings (SSSR count). The number of amides is 1. The lowest BCUT2D eigenvalue weighted by atomic mass is 9.99. The average Bonchev–Trinajstić information content (AvgIpc) is 3.59. The Morgan fingerprint density at radius 1 is 1.09 bits per heavy atom. The number of carbonyl (C=O) groups is 1. The summed E-state index contributed by atoms with van der Waals surface area (Å²) in [5, 5.41) is 17.9. The van der Waals surface area contributed by atoms with E-state index >= 15 is 4.39 Å². The van der Waals surface area contributed by atoms with Crippen LogP contribution >= 0.6 is 11.6 Å². The molecule has 0 spiro atoms. The van der Waals surface area contributed by atoms with Gasteiger partial charge in [0.1, 0.15) is 23.2 Å². The van der Waals surface area contributed by atoms with Crippen molar-refractivity contribution in [2.75, 3.05) is 71.0 Å². The highest BCUT2D eigenvalue weighted by molar-refractivity contribution is 6.32. The number of alkyl halides is 1. The maximum Gasteiger partial charge on any atom is 0.318 e. The molecule has 1 aromatic carbocycles. The molecule has 1 N–H and O–H groups in total. The SMILES string of the molecule is CC.CC#N.COc1nc(N2CCN(C(=O)/C=C/CN3CCC[C@@H]3CO)CC2)c2cnc(-c3cccc(Cl)c3C3CC3)c(F)c2n1.FC1CC2CCCN2C1. The van der Waals surface area contributed by atoms with Crippen molar-refractivity contribution in [2.45, 2.75) is 89.9 Å². The number of hydrogen-bond donors (Lipinski definition) is 1. The van der Waals surface area contributed by atoms with Crippen LogP contribution in [0.15, 0.2) is 36.5 Å². The van der Waals surface area contributed by atoms with Crippen LogP contribution in [0.25, 0.3) is 22.2 Å². The number of ether oxygens (including phenoxy) is 1. The number of aliphatic hydroxyl groups excluding tert-OH is 1. The van der Waals surface area contributed by atoms with Gasteiger partial charge in [-0.25, -0.2) is 8.78 Å². The molecule has 0 bridgehead atoms. The third-order valence-corrected chi connectivity index (χ3v) is 11.1. The lowest BCUT2D eigenvalue weighted by Gasteiger charge is -2.35. The van der Waals surface area contributed by atoms with Crippen LogP contribution in [0.2, 0.25) is 5.02 Å². The number of aliphatic hydroxyl groups is 1. The van der Waals surface area contributed by atoms with E-state index < -0.39 is 12.0 Å². The second-order valence-electron chi connectivity index (χ2n) is 14.2. The molecule has 2 aromatic heterocycles. The van der Waals surface area contributed by atoms with E-state index in [0.717, 1.165) is 50.8 Å². The van der Waals surface area contributed by atoms with E-state index in [2.05, 4.69) is 24.8 Å². The number of carbonyl (C=O) groups excluding carboxylic acids is 1. The van der Waals surface area contributed by atoms with Crippen molar-refractivity contribution in [2.24, 2.45) is 0 Å². The molecule has 298 valence electrons. The van der Waals surface area contributed by atoms with Crippen LogP contribution in [0.4, 0.5) is 14.6 Å². The minimum absolute atomic E-state index is 0.0418. The van der Waals surface area contributed by atoms with Crippen molar-refractivity contribution in [1.82, 2.24) is 29.7 Å². The van der Waals surface area contributed by atoms with Crippen LogP contribution in [0.1, 0.15) is 77.2 Å². The Labute approximate surface area is 328 Å². The monoisotopic (exact) mass is 780 g/mol. The fraction of sp³-hybridized carbons (Fsp3) is 0.585. The number of likely N-dealkylation sites (tertiary alicyclic amines) is 1. The predicted octanol–water partition coefficient (Wildman–Crippen LogP) is 6.78. The van der Waals surface area contributed by atoms with Gasteiger partial charge in [-0.15, -0.1) is 0 Å². The Morgan fingerprint density at radius 2 is 1.82 bits per heavy atom. The zero-order chi connectivity index (χ0) is 39.5. The first-order valence-corrected chi connectivity index (χ1v) is 20.1. The quantitative estimate of drug-likeness (QED) is 0.245. The van der Waals surface area contributed by atoms with Gasteiger partial charge < -0.3 is 19.6 Å². The fourth-order valence-corrected chi connectivity index (χ4v) is 8.30. The van der Waals surface area contributed by atoms with Crippen LogP contribution in [0, 0.1) is 17.1 Å². The van der Waals surface area contributed by atoms with Gasteiger partial charge in [-0.05, 0) is 75.6 Å². The summed E-state index contributed by atoms with van der Waals surface area (Å²) in [6.07, 6.45) is 12.1. The van der Waals surface area contributed by atoms with E-state index in [9.17, 15) is 14.3 Å². The summed E-state index contributed by atoms with van der Waals surface area (Å²) in [4.78, 5) is 34.6. The first-order valence-electron chi connectivity index (χ1n) is 19.7. The third kappa shape index (κ3) is 10.3. The first-order chi connectivity index (χ1) is 26.8. The van der Waals surface area contributed by atoms with E-state index in [4.69, 9.17) is 21.6 Å². The van der Waals surface area contributed by atoms with Crippen molar-refractivity contribution < 1.29 is 23.4 Å². The Morgan fingerprint density at radius 3 is 2.49 bits per heavy atom. The van der Waals surface area contributed by atoms with Crippen molar-refractivity contribution >= 4 is 34.2 Å². The summed E-state index contributed by atoms with van der Waals surface area (Å²) in [5.41, 5.74) is 1.98. The number of fused-ring (bicyclic) bond motifs is 2.